The first-order chi connectivity index (χ1) is 14.7. The summed E-state index contributed by atoms with van der Waals surface area (Å²) in [5.41, 5.74) is 3.19. The maximum atomic E-state index is 12.7. The van der Waals surface area contributed by atoms with Crippen molar-refractivity contribution in [3.63, 3.8) is 0 Å². The summed E-state index contributed by atoms with van der Waals surface area (Å²) in [6.07, 6.45) is 10.1. The van der Waals surface area contributed by atoms with Crippen molar-refractivity contribution >= 4 is 5.91 Å². The predicted molar refractivity (Wildman–Crippen MR) is 115 cm³/mol. The second kappa shape index (κ2) is 9.57. The molecule has 1 aliphatic rings. The van der Waals surface area contributed by atoms with Gasteiger partial charge in [-0.3, -0.25) is 14.5 Å². The topological polar surface area (TPSA) is 60.2 Å². The van der Waals surface area contributed by atoms with Gasteiger partial charge in [-0.15, -0.1) is 0 Å². The number of hydrogen-bond acceptors (Lipinski definition) is 4. The van der Waals surface area contributed by atoms with Crippen molar-refractivity contribution in [2.24, 2.45) is 5.92 Å². The van der Waals surface area contributed by atoms with Crippen LogP contribution in [0.15, 0.2) is 61.2 Å². The molecule has 0 atom stereocenters. The SMILES string of the molecule is CCn1cc(C(=O)N2CCC(Cc3ccc(COc4ccncc4)cc3)CC2)cn1. The molecule has 4 rings (SSSR count). The minimum atomic E-state index is 0.103. The fourth-order valence-corrected chi connectivity index (χ4v) is 3.88. The fraction of sp³-hybridized carbons (Fsp3) is 0.375. The summed E-state index contributed by atoms with van der Waals surface area (Å²) in [7, 11) is 0. The Morgan fingerprint density at radius 1 is 1.07 bits per heavy atom. The van der Waals surface area contributed by atoms with Crippen LogP contribution in [0.3, 0.4) is 0 Å². The lowest BCUT2D eigenvalue weighted by Gasteiger charge is -2.32. The first-order valence-corrected chi connectivity index (χ1v) is 10.6. The van der Waals surface area contributed by atoms with Crippen LogP contribution in [0.25, 0.3) is 0 Å². The van der Waals surface area contributed by atoms with Gasteiger partial charge in [-0.05, 0) is 55.4 Å². The molecular weight excluding hydrogens is 376 g/mol. The Balaban J connectivity index is 1.24. The third-order valence-electron chi connectivity index (χ3n) is 5.71. The first-order valence-electron chi connectivity index (χ1n) is 10.6. The number of amides is 1. The molecule has 0 unspecified atom stereocenters. The summed E-state index contributed by atoms with van der Waals surface area (Å²) in [6.45, 7) is 4.99. The van der Waals surface area contributed by atoms with Crippen LogP contribution in [0.4, 0.5) is 0 Å². The molecule has 0 radical (unpaired) electrons. The maximum absolute atomic E-state index is 12.7. The zero-order chi connectivity index (χ0) is 20.8. The zero-order valence-corrected chi connectivity index (χ0v) is 17.4. The van der Waals surface area contributed by atoms with Gasteiger partial charge in [0, 0.05) is 38.2 Å². The van der Waals surface area contributed by atoms with E-state index in [-0.39, 0.29) is 5.91 Å². The molecule has 6 nitrogen and oxygen atoms in total. The molecule has 0 saturated carbocycles. The molecule has 30 heavy (non-hydrogen) atoms. The van der Waals surface area contributed by atoms with E-state index in [2.05, 4.69) is 34.3 Å². The molecule has 1 aliphatic heterocycles. The number of hydrogen-bond donors (Lipinski definition) is 0. The van der Waals surface area contributed by atoms with E-state index in [1.54, 1.807) is 23.3 Å². The van der Waals surface area contributed by atoms with Gasteiger partial charge in [0.2, 0.25) is 0 Å². The molecule has 6 heteroatoms. The molecule has 1 aromatic carbocycles. The van der Waals surface area contributed by atoms with E-state index in [1.807, 2.05) is 30.2 Å². The van der Waals surface area contributed by atoms with E-state index >= 15 is 0 Å². The predicted octanol–water partition coefficient (Wildman–Crippen LogP) is 3.97. The number of pyridine rings is 1. The summed E-state index contributed by atoms with van der Waals surface area (Å²) in [5, 5.41) is 4.22. The van der Waals surface area contributed by atoms with E-state index in [4.69, 9.17) is 4.74 Å². The number of ether oxygens (including phenoxy) is 1. The second-order valence-electron chi connectivity index (χ2n) is 7.81. The number of aromatic nitrogens is 3. The highest BCUT2D eigenvalue weighted by Crippen LogP contribution is 2.23. The molecule has 0 aliphatic carbocycles. The highest BCUT2D eigenvalue weighted by atomic mass is 16.5. The first kappa shape index (κ1) is 20.1. The number of likely N-dealkylation sites (tertiary alicyclic amines) is 1. The molecule has 3 aromatic rings. The Morgan fingerprint density at radius 3 is 2.43 bits per heavy atom. The van der Waals surface area contributed by atoms with E-state index in [0.29, 0.717) is 18.1 Å². The van der Waals surface area contributed by atoms with Crippen LogP contribution in [-0.2, 0) is 19.6 Å². The van der Waals surface area contributed by atoms with Crippen LogP contribution in [0.5, 0.6) is 5.75 Å². The van der Waals surface area contributed by atoms with E-state index in [9.17, 15) is 4.79 Å². The summed E-state index contributed by atoms with van der Waals surface area (Å²) < 4.78 is 7.58. The number of piperidine rings is 1. The lowest BCUT2D eigenvalue weighted by Crippen LogP contribution is -2.38. The van der Waals surface area contributed by atoms with Crippen LogP contribution >= 0.6 is 0 Å². The summed E-state index contributed by atoms with van der Waals surface area (Å²) in [5.74, 6) is 1.55. The molecule has 0 bridgehead atoms. The standard InChI is InChI=1S/C24H28N4O2/c1-2-28-17-22(16-26-28)24(29)27-13-9-20(10-14-27)15-19-3-5-21(6-4-19)18-30-23-7-11-25-12-8-23/h3-8,11-12,16-17,20H,2,9-10,13-15,18H2,1H3. The minimum Gasteiger partial charge on any atom is -0.489 e. The Bertz CT molecular complexity index is 945. The molecule has 156 valence electrons. The Morgan fingerprint density at radius 2 is 1.77 bits per heavy atom. The molecule has 3 heterocycles. The van der Waals surface area contributed by atoms with Gasteiger partial charge in [0.15, 0.2) is 0 Å². The molecule has 0 N–H and O–H groups in total. The number of carbonyl (C=O) groups excluding carboxylic acids is 1. The van der Waals surface area contributed by atoms with Gasteiger partial charge < -0.3 is 9.64 Å². The maximum Gasteiger partial charge on any atom is 0.257 e. The van der Waals surface area contributed by atoms with Crippen LogP contribution in [-0.4, -0.2) is 38.7 Å². The molecule has 1 amide bonds. The highest BCUT2D eigenvalue weighted by molar-refractivity contribution is 5.93. The molecule has 0 spiro atoms. The average molecular weight is 405 g/mol. The van der Waals surface area contributed by atoms with Crippen molar-refractivity contribution in [1.29, 1.82) is 0 Å². The Labute approximate surface area is 177 Å². The largest absolute Gasteiger partial charge is 0.489 e. The van der Waals surface area contributed by atoms with Gasteiger partial charge in [0.1, 0.15) is 12.4 Å². The third-order valence-corrected chi connectivity index (χ3v) is 5.71. The smallest absolute Gasteiger partial charge is 0.257 e. The van der Waals surface area contributed by atoms with Gasteiger partial charge in [0.25, 0.3) is 5.91 Å². The summed E-state index contributed by atoms with van der Waals surface area (Å²) in [6, 6.07) is 12.4. The molecule has 1 saturated heterocycles. The fourth-order valence-electron chi connectivity index (χ4n) is 3.88. The second-order valence-corrected chi connectivity index (χ2v) is 7.81. The molecule has 1 fully saturated rings. The monoisotopic (exact) mass is 404 g/mol. The van der Waals surface area contributed by atoms with Crippen LogP contribution in [0.2, 0.25) is 0 Å². The van der Waals surface area contributed by atoms with E-state index in [0.717, 1.165) is 50.2 Å². The highest BCUT2D eigenvalue weighted by Gasteiger charge is 2.24. The van der Waals surface area contributed by atoms with Crippen LogP contribution in [0.1, 0.15) is 41.3 Å². The van der Waals surface area contributed by atoms with Crippen molar-refractivity contribution in [3.8, 4) is 5.75 Å². The Kier molecular flexibility index (Phi) is 6.42. The van der Waals surface area contributed by atoms with Gasteiger partial charge in [-0.2, -0.15) is 5.10 Å². The number of aryl methyl sites for hydroxylation is 1. The minimum absolute atomic E-state index is 0.103. The van der Waals surface area contributed by atoms with E-state index < -0.39 is 0 Å². The van der Waals surface area contributed by atoms with Gasteiger partial charge in [0.05, 0.1) is 11.8 Å². The number of nitrogens with zero attached hydrogens (tertiary/aromatic N) is 4. The third kappa shape index (κ3) is 5.06. The lowest BCUT2D eigenvalue weighted by atomic mass is 9.90. The van der Waals surface area contributed by atoms with Crippen LogP contribution < -0.4 is 4.74 Å². The zero-order valence-electron chi connectivity index (χ0n) is 17.4. The summed E-state index contributed by atoms with van der Waals surface area (Å²) >= 11 is 0. The Hall–Kier alpha value is -3.15. The van der Waals surface area contributed by atoms with Gasteiger partial charge in [-0.1, -0.05) is 24.3 Å². The summed E-state index contributed by atoms with van der Waals surface area (Å²) in [4.78, 5) is 18.6. The van der Waals surface area contributed by atoms with Gasteiger partial charge >= 0.3 is 0 Å². The van der Waals surface area contributed by atoms with Gasteiger partial charge in [-0.25, -0.2) is 0 Å². The van der Waals surface area contributed by atoms with Crippen LogP contribution in [0, 0.1) is 5.92 Å². The average Bonchev–Trinajstić information content (AvgIpc) is 3.29. The van der Waals surface area contributed by atoms with Crippen molar-refractivity contribution in [2.75, 3.05) is 13.1 Å². The quantitative estimate of drug-likeness (QED) is 0.598. The van der Waals surface area contributed by atoms with Crippen molar-refractivity contribution in [1.82, 2.24) is 19.7 Å². The van der Waals surface area contributed by atoms with E-state index in [1.165, 1.54) is 5.56 Å². The normalized spacial score (nSPS) is 14.6. The lowest BCUT2D eigenvalue weighted by molar-refractivity contribution is 0.0690. The van der Waals surface area contributed by atoms with Crippen molar-refractivity contribution < 1.29 is 9.53 Å². The molecule has 2 aromatic heterocycles. The van der Waals surface area contributed by atoms with Crippen molar-refractivity contribution in [2.45, 2.75) is 39.3 Å². The number of benzene rings is 1. The van der Waals surface area contributed by atoms with Crippen molar-refractivity contribution in [3.05, 3.63) is 77.9 Å². The number of carbonyl (C=O) groups is 1. The number of rotatable bonds is 7. The molecular formula is C24H28N4O2.